The largest absolute Gasteiger partial charge is 0.463 e. The summed E-state index contributed by atoms with van der Waals surface area (Å²) in [6, 6.07) is 12.5. The Morgan fingerprint density at radius 2 is 2.19 bits per heavy atom. The van der Waals surface area contributed by atoms with Gasteiger partial charge < -0.3 is 9.73 Å². The van der Waals surface area contributed by atoms with Crippen molar-refractivity contribution < 1.29 is 9.21 Å². The minimum atomic E-state index is -0.264. The molecule has 8 nitrogen and oxygen atoms in total. The highest BCUT2D eigenvalue weighted by molar-refractivity contribution is 6.32. The summed E-state index contributed by atoms with van der Waals surface area (Å²) in [7, 11) is 0. The van der Waals surface area contributed by atoms with Crippen LogP contribution in [0, 0.1) is 18.3 Å². The summed E-state index contributed by atoms with van der Waals surface area (Å²) in [5.41, 5.74) is 3.77. The lowest BCUT2D eigenvalue weighted by atomic mass is 10.0. The van der Waals surface area contributed by atoms with Gasteiger partial charge in [-0.15, -0.1) is 0 Å². The summed E-state index contributed by atoms with van der Waals surface area (Å²) in [6.45, 7) is 4.24. The molecule has 0 saturated heterocycles. The Labute approximate surface area is 183 Å². The van der Waals surface area contributed by atoms with E-state index in [1.807, 2.05) is 32.2 Å². The highest BCUT2D eigenvalue weighted by atomic mass is 35.5. The predicted molar refractivity (Wildman–Crippen MR) is 115 cm³/mol. The number of aromatic amines is 1. The van der Waals surface area contributed by atoms with E-state index in [-0.39, 0.29) is 11.9 Å². The molecular formula is C22H19ClN6O2. The smallest absolute Gasteiger partial charge is 0.269 e. The summed E-state index contributed by atoms with van der Waals surface area (Å²) in [5.74, 6) is 0.325. The molecule has 0 aliphatic carbocycles. The van der Waals surface area contributed by atoms with E-state index >= 15 is 0 Å². The van der Waals surface area contributed by atoms with Gasteiger partial charge in [0.1, 0.15) is 17.5 Å². The van der Waals surface area contributed by atoms with Crippen LogP contribution in [-0.4, -0.2) is 31.9 Å². The van der Waals surface area contributed by atoms with E-state index in [2.05, 4.69) is 26.7 Å². The zero-order valence-electron chi connectivity index (χ0n) is 16.9. The van der Waals surface area contributed by atoms with Crippen molar-refractivity contribution in [2.75, 3.05) is 0 Å². The summed E-state index contributed by atoms with van der Waals surface area (Å²) in [4.78, 5) is 12.5. The van der Waals surface area contributed by atoms with E-state index in [1.54, 1.807) is 35.2 Å². The van der Waals surface area contributed by atoms with Gasteiger partial charge in [0.25, 0.3) is 5.91 Å². The highest BCUT2D eigenvalue weighted by Gasteiger charge is 2.16. The molecule has 31 heavy (non-hydrogen) atoms. The fourth-order valence-electron chi connectivity index (χ4n) is 3.27. The molecule has 3 aromatic heterocycles. The van der Waals surface area contributed by atoms with Crippen LogP contribution in [0.2, 0.25) is 5.02 Å². The number of carbonyl (C=O) groups is 1. The Hall–Kier alpha value is -3.83. The summed E-state index contributed by atoms with van der Waals surface area (Å²) >= 11 is 6.27. The average Bonchev–Trinajstić information content (AvgIpc) is 3.51. The van der Waals surface area contributed by atoms with Crippen LogP contribution in [0.5, 0.6) is 0 Å². The second kappa shape index (κ2) is 8.50. The van der Waals surface area contributed by atoms with Gasteiger partial charge in [-0.05, 0) is 43.7 Å². The van der Waals surface area contributed by atoms with Gasteiger partial charge in [-0.2, -0.15) is 15.5 Å². The molecule has 0 aliphatic rings. The van der Waals surface area contributed by atoms with Gasteiger partial charge >= 0.3 is 0 Å². The number of halogens is 1. The molecule has 9 heteroatoms. The molecular weight excluding hydrogens is 416 g/mol. The molecule has 0 radical (unpaired) electrons. The normalized spacial score (nSPS) is 11.8. The second-order valence-electron chi connectivity index (χ2n) is 7.15. The Bertz CT molecular complexity index is 1270. The van der Waals surface area contributed by atoms with Gasteiger partial charge in [0.05, 0.1) is 29.1 Å². The number of aromatic nitrogens is 4. The quantitative estimate of drug-likeness (QED) is 0.472. The van der Waals surface area contributed by atoms with Crippen LogP contribution in [0.4, 0.5) is 0 Å². The Balaban J connectivity index is 1.42. The van der Waals surface area contributed by atoms with Gasteiger partial charge in [0, 0.05) is 23.9 Å². The molecule has 0 bridgehead atoms. The molecule has 4 rings (SSSR count). The molecule has 0 spiro atoms. The number of rotatable bonds is 6. The molecule has 2 N–H and O–H groups in total. The fourth-order valence-corrected chi connectivity index (χ4v) is 3.48. The number of H-pyrrole nitrogens is 1. The van der Waals surface area contributed by atoms with E-state index in [4.69, 9.17) is 21.3 Å². The number of carbonyl (C=O) groups excluding carboxylic acids is 1. The van der Waals surface area contributed by atoms with E-state index in [1.165, 1.54) is 0 Å². The Morgan fingerprint density at radius 3 is 2.94 bits per heavy atom. The highest BCUT2D eigenvalue weighted by Crippen LogP contribution is 2.30. The minimum Gasteiger partial charge on any atom is -0.463 e. The molecule has 0 unspecified atom stereocenters. The van der Waals surface area contributed by atoms with Crippen molar-refractivity contribution in [2.24, 2.45) is 0 Å². The predicted octanol–water partition coefficient (Wildman–Crippen LogP) is 4.19. The van der Waals surface area contributed by atoms with E-state index in [0.717, 1.165) is 16.8 Å². The number of benzene rings is 1. The minimum absolute atomic E-state index is 0.179. The topological polar surface area (TPSA) is 113 Å². The maximum absolute atomic E-state index is 12.5. The zero-order chi connectivity index (χ0) is 22.0. The molecule has 4 aromatic rings. The maximum atomic E-state index is 12.5. The first-order valence-corrected chi connectivity index (χ1v) is 9.97. The maximum Gasteiger partial charge on any atom is 0.269 e. The van der Waals surface area contributed by atoms with Crippen molar-refractivity contribution in [1.29, 1.82) is 5.26 Å². The number of nitrogens with one attached hydrogen (secondary N) is 2. The molecule has 3 heterocycles. The zero-order valence-corrected chi connectivity index (χ0v) is 17.6. The summed E-state index contributed by atoms with van der Waals surface area (Å²) in [5, 5.41) is 23.9. The van der Waals surface area contributed by atoms with Crippen LogP contribution in [0.15, 0.2) is 53.3 Å². The molecule has 0 saturated carbocycles. The molecule has 1 aromatic carbocycles. The number of furan rings is 1. The van der Waals surface area contributed by atoms with E-state index in [0.29, 0.717) is 34.3 Å². The number of amides is 1. The van der Waals surface area contributed by atoms with Crippen LogP contribution in [0.25, 0.3) is 22.7 Å². The van der Waals surface area contributed by atoms with Gasteiger partial charge in [0.2, 0.25) is 0 Å². The molecule has 0 fully saturated rings. The van der Waals surface area contributed by atoms with Gasteiger partial charge in [-0.25, -0.2) is 0 Å². The monoisotopic (exact) mass is 434 g/mol. The van der Waals surface area contributed by atoms with Crippen LogP contribution >= 0.6 is 11.6 Å². The van der Waals surface area contributed by atoms with Gasteiger partial charge in [-0.3, -0.25) is 14.6 Å². The number of hydrogen-bond donors (Lipinski definition) is 2. The molecule has 1 amide bonds. The van der Waals surface area contributed by atoms with Gasteiger partial charge in [0.15, 0.2) is 5.76 Å². The van der Waals surface area contributed by atoms with Crippen LogP contribution < -0.4 is 5.32 Å². The van der Waals surface area contributed by atoms with Gasteiger partial charge in [-0.1, -0.05) is 17.7 Å². The standard InChI is InChI=1S/C22H19ClN6O2/c1-13(25-22(30)19-10-18(26-27-19)20-4-3-9-31-20)12-29-8-7-17(28-29)16-6-5-15(11-24)21(23)14(16)2/h3-10,13H,12H2,1-2H3,(H,25,30)(H,26,27)/t13-/m1/s1. The number of hydrogen-bond acceptors (Lipinski definition) is 5. The third kappa shape index (κ3) is 4.22. The lowest BCUT2D eigenvalue weighted by molar-refractivity contribution is 0.0931. The first-order valence-electron chi connectivity index (χ1n) is 9.59. The van der Waals surface area contributed by atoms with Crippen molar-refractivity contribution in [1.82, 2.24) is 25.3 Å². The number of nitriles is 1. The van der Waals surface area contributed by atoms with Crippen molar-refractivity contribution in [3.05, 3.63) is 70.7 Å². The van der Waals surface area contributed by atoms with Crippen LogP contribution in [-0.2, 0) is 6.54 Å². The third-order valence-electron chi connectivity index (χ3n) is 4.86. The molecule has 156 valence electrons. The van der Waals surface area contributed by atoms with Crippen molar-refractivity contribution in [3.8, 4) is 28.8 Å². The molecule has 0 aliphatic heterocycles. The van der Waals surface area contributed by atoms with Crippen molar-refractivity contribution in [3.63, 3.8) is 0 Å². The van der Waals surface area contributed by atoms with Crippen LogP contribution in [0.3, 0.4) is 0 Å². The first-order chi connectivity index (χ1) is 15.0. The summed E-state index contributed by atoms with van der Waals surface area (Å²) in [6.07, 6.45) is 3.40. The number of nitrogens with zero attached hydrogens (tertiary/aromatic N) is 4. The Morgan fingerprint density at radius 1 is 1.35 bits per heavy atom. The Kier molecular flexibility index (Phi) is 5.60. The van der Waals surface area contributed by atoms with E-state index in [9.17, 15) is 4.79 Å². The SMILES string of the molecule is Cc1c(-c2ccn(C[C@@H](C)NC(=O)c3cc(-c4ccco4)n[nH]3)n2)ccc(C#N)c1Cl. The lowest BCUT2D eigenvalue weighted by Crippen LogP contribution is -2.36. The average molecular weight is 435 g/mol. The first kappa shape index (κ1) is 20.4. The lowest BCUT2D eigenvalue weighted by Gasteiger charge is -2.13. The summed E-state index contributed by atoms with van der Waals surface area (Å²) < 4.78 is 7.05. The van der Waals surface area contributed by atoms with Crippen LogP contribution in [0.1, 0.15) is 28.5 Å². The second-order valence-corrected chi connectivity index (χ2v) is 7.53. The fraction of sp³-hybridized carbons (Fsp3) is 0.182. The van der Waals surface area contributed by atoms with E-state index < -0.39 is 0 Å². The van der Waals surface area contributed by atoms with Crippen molar-refractivity contribution in [2.45, 2.75) is 26.4 Å². The van der Waals surface area contributed by atoms with Crippen molar-refractivity contribution >= 4 is 17.5 Å². The third-order valence-corrected chi connectivity index (χ3v) is 5.35. The molecule has 1 atom stereocenters.